The minimum absolute atomic E-state index is 0.0884. The molecule has 0 spiro atoms. The molecular weight excluding hydrogens is 331 g/mol. The number of benzene rings is 2. The summed E-state index contributed by atoms with van der Waals surface area (Å²) in [6, 6.07) is 10.4. The van der Waals surface area contributed by atoms with Gasteiger partial charge in [0.05, 0.1) is 5.39 Å². The Hall–Kier alpha value is -1.56. The quantitative estimate of drug-likeness (QED) is 0.389. The maximum absolute atomic E-state index is 11.8. The molecule has 0 radical (unpaired) electrons. The van der Waals surface area contributed by atoms with Gasteiger partial charge in [0, 0.05) is 15.0 Å². The third kappa shape index (κ3) is 1.68. The first-order chi connectivity index (χ1) is 8.15. The van der Waals surface area contributed by atoms with Gasteiger partial charge in [-0.1, -0.05) is 6.07 Å². The average Bonchev–Trinajstić information content (AvgIpc) is 2.29. The Bertz CT molecular complexity index is 790. The lowest BCUT2D eigenvalue weighted by molar-refractivity contribution is 0.473. The highest BCUT2D eigenvalue weighted by Crippen LogP contribution is 2.26. The molecular formula is C13H7IO3. The van der Waals surface area contributed by atoms with Gasteiger partial charge in [-0.05, 0) is 52.2 Å². The Kier molecular flexibility index (Phi) is 2.32. The van der Waals surface area contributed by atoms with Gasteiger partial charge in [-0.15, -0.1) is 0 Å². The highest BCUT2D eigenvalue weighted by Gasteiger charge is 2.07. The van der Waals surface area contributed by atoms with Gasteiger partial charge >= 0.3 is 5.63 Å². The van der Waals surface area contributed by atoms with E-state index >= 15 is 0 Å². The van der Waals surface area contributed by atoms with Crippen LogP contribution in [-0.2, 0) is 0 Å². The lowest BCUT2D eigenvalue weighted by atomic mass is 10.1. The summed E-state index contributed by atoms with van der Waals surface area (Å²) in [7, 11) is 0. The molecule has 3 aromatic rings. The van der Waals surface area contributed by atoms with E-state index in [1.165, 1.54) is 6.07 Å². The van der Waals surface area contributed by atoms with Crippen molar-refractivity contribution in [3.63, 3.8) is 0 Å². The van der Waals surface area contributed by atoms with E-state index in [2.05, 4.69) is 22.6 Å². The Morgan fingerprint density at radius 3 is 2.59 bits per heavy atom. The molecule has 1 heterocycles. The topological polar surface area (TPSA) is 50.4 Å². The predicted octanol–water partition coefficient (Wildman–Crippen LogP) is 3.26. The molecule has 0 aliphatic heterocycles. The Balaban J connectivity index is 2.60. The average molecular weight is 338 g/mol. The normalized spacial score (nSPS) is 11.1. The highest BCUT2D eigenvalue weighted by molar-refractivity contribution is 14.1. The SMILES string of the molecule is O=c1oc2cc(O)ccc2c2ccc(I)cc12. The van der Waals surface area contributed by atoms with Gasteiger partial charge in [0.2, 0.25) is 0 Å². The Labute approximate surface area is 110 Å². The van der Waals surface area contributed by atoms with Crippen molar-refractivity contribution in [2.75, 3.05) is 0 Å². The number of hydrogen-bond acceptors (Lipinski definition) is 3. The second-order valence-electron chi connectivity index (χ2n) is 3.76. The summed E-state index contributed by atoms with van der Waals surface area (Å²) in [5, 5.41) is 11.6. The lowest BCUT2D eigenvalue weighted by Gasteiger charge is -2.03. The minimum atomic E-state index is -0.378. The first kappa shape index (κ1) is 10.6. The van der Waals surface area contributed by atoms with Crippen molar-refractivity contribution in [1.82, 2.24) is 0 Å². The van der Waals surface area contributed by atoms with Gasteiger partial charge in [-0.3, -0.25) is 0 Å². The molecule has 0 unspecified atom stereocenters. The molecule has 0 saturated heterocycles. The lowest BCUT2D eigenvalue weighted by Crippen LogP contribution is -1.99. The molecule has 1 N–H and O–H groups in total. The van der Waals surface area contributed by atoms with Crippen LogP contribution in [0.25, 0.3) is 21.7 Å². The van der Waals surface area contributed by atoms with Crippen molar-refractivity contribution in [2.45, 2.75) is 0 Å². The second-order valence-corrected chi connectivity index (χ2v) is 5.01. The van der Waals surface area contributed by atoms with E-state index in [1.54, 1.807) is 18.2 Å². The maximum atomic E-state index is 11.8. The number of hydrogen-bond donors (Lipinski definition) is 1. The molecule has 3 rings (SSSR count). The molecule has 0 amide bonds. The van der Waals surface area contributed by atoms with Crippen LogP contribution in [0, 0.1) is 3.57 Å². The smallest absolute Gasteiger partial charge is 0.344 e. The van der Waals surface area contributed by atoms with Gasteiger partial charge in [0.1, 0.15) is 11.3 Å². The van der Waals surface area contributed by atoms with Crippen molar-refractivity contribution in [3.05, 3.63) is 50.4 Å². The molecule has 0 atom stereocenters. The summed E-state index contributed by atoms with van der Waals surface area (Å²) in [5.74, 6) is 0.0884. The number of fused-ring (bicyclic) bond motifs is 3. The summed E-state index contributed by atoms with van der Waals surface area (Å²) >= 11 is 2.15. The van der Waals surface area contributed by atoms with E-state index in [9.17, 15) is 9.90 Å². The minimum Gasteiger partial charge on any atom is -0.508 e. The summed E-state index contributed by atoms with van der Waals surface area (Å²) in [5.41, 5.74) is 0.0281. The number of aromatic hydroxyl groups is 1. The summed E-state index contributed by atoms with van der Waals surface area (Å²) in [6.45, 7) is 0. The molecule has 3 nitrogen and oxygen atoms in total. The van der Waals surface area contributed by atoms with Crippen LogP contribution in [0.3, 0.4) is 0 Å². The highest BCUT2D eigenvalue weighted by atomic mass is 127. The Morgan fingerprint density at radius 2 is 1.76 bits per heavy atom. The molecule has 0 aliphatic carbocycles. The first-order valence-electron chi connectivity index (χ1n) is 5.00. The van der Waals surface area contributed by atoms with Crippen molar-refractivity contribution in [2.24, 2.45) is 0 Å². The van der Waals surface area contributed by atoms with Crippen LogP contribution in [0.2, 0.25) is 0 Å². The van der Waals surface area contributed by atoms with E-state index in [0.29, 0.717) is 11.0 Å². The van der Waals surface area contributed by atoms with E-state index < -0.39 is 0 Å². The first-order valence-corrected chi connectivity index (χ1v) is 6.08. The molecule has 1 aromatic heterocycles. The number of halogens is 1. The van der Waals surface area contributed by atoms with Gasteiger partial charge in [-0.25, -0.2) is 4.79 Å². The van der Waals surface area contributed by atoms with Gasteiger partial charge < -0.3 is 9.52 Å². The van der Waals surface area contributed by atoms with Gasteiger partial charge in [0.15, 0.2) is 0 Å². The van der Waals surface area contributed by atoms with Crippen LogP contribution in [0.1, 0.15) is 0 Å². The molecule has 2 aromatic carbocycles. The monoisotopic (exact) mass is 338 g/mol. The van der Waals surface area contributed by atoms with Crippen LogP contribution in [0.5, 0.6) is 5.75 Å². The molecule has 4 heteroatoms. The molecule has 17 heavy (non-hydrogen) atoms. The van der Waals surface area contributed by atoms with Crippen LogP contribution >= 0.6 is 22.6 Å². The van der Waals surface area contributed by atoms with Crippen molar-refractivity contribution < 1.29 is 9.52 Å². The van der Waals surface area contributed by atoms with E-state index in [-0.39, 0.29) is 11.4 Å². The zero-order valence-electron chi connectivity index (χ0n) is 8.61. The second kappa shape index (κ2) is 3.73. The molecule has 0 aliphatic rings. The van der Waals surface area contributed by atoms with E-state index in [0.717, 1.165) is 14.3 Å². The van der Waals surface area contributed by atoms with Crippen LogP contribution in [-0.4, -0.2) is 5.11 Å². The number of phenols is 1. The zero-order valence-corrected chi connectivity index (χ0v) is 10.8. The third-order valence-electron chi connectivity index (χ3n) is 2.66. The van der Waals surface area contributed by atoms with Gasteiger partial charge in [0.25, 0.3) is 0 Å². The zero-order chi connectivity index (χ0) is 12.0. The Morgan fingerprint density at radius 1 is 1.00 bits per heavy atom. The maximum Gasteiger partial charge on any atom is 0.344 e. The molecule has 84 valence electrons. The number of phenolic OH excluding ortho intramolecular Hbond substituents is 1. The molecule has 0 fully saturated rings. The summed E-state index contributed by atoms with van der Waals surface area (Å²) < 4.78 is 6.18. The van der Waals surface area contributed by atoms with E-state index in [4.69, 9.17) is 4.42 Å². The molecule has 0 saturated carbocycles. The summed E-state index contributed by atoms with van der Waals surface area (Å²) in [4.78, 5) is 11.8. The summed E-state index contributed by atoms with van der Waals surface area (Å²) in [6.07, 6.45) is 0. The molecule has 0 bridgehead atoms. The third-order valence-corrected chi connectivity index (χ3v) is 3.33. The van der Waals surface area contributed by atoms with Crippen molar-refractivity contribution >= 4 is 44.3 Å². The fourth-order valence-corrected chi connectivity index (χ4v) is 2.38. The number of rotatable bonds is 0. The van der Waals surface area contributed by atoms with Crippen molar-refractivity contribution in [1.29, 1.82) is 0 Å². The van der Waals surface area contributed by atoms with Gasteiger partial charge in [-0.2, -0.15) is 0 Å². The van der Waals surface area contributed by atoms with Crippen LogP contribution < -0.4 is 5.63 Å². The van der Waals surface area contributed by atoms with Crippen molar-refractivity contribution in [3.8, 4) is 5.75 Å². The van der Waals surface area contributed by atoms with Crippen LogP contribution in [0.15, 0.2) is 45.6 Å². The largest absolute Gasteiger partial charge is 0.508 e. The van der Waals surface area contributed by atoms with Crippen LogP contribution in [0.4, 0.5) is 0 Å². The fraction of sp³-hybridized carbons (Fsp3) is 0. The standard InChI is InChI=1S/C13H7IO3/c14-7-1-3-9-10-4-2-8(15)6-12(10)17-13(16)11(9)5-7/h1-6,15H. The fourth-order valence-electron chi connectivity index (χ4n) is 1.89. The van der Waals surface area contributed by atoms with E-state index in [1.807, 2.05) is 12.1 Å². The predicted molar refractivity (Wildman–Crippen MR) is 74.4 cm³/mol.